The van der Waals surface area contributed by atoms with Crippen molar-refractivity contribution in [2.75, 3.05) is 51.6 Å². The fraction of sp³-hybridized carbons (Fsp3) is 0.441. The molecule has 2 fully saturated rings. The molecule has 1 amide bonds. The van der Waals surface area contributed by atoms with Crippen molar-refractivity contribution in [3.05, 3.63) is 87.7 Å². The van der Waals surface area contributed by atoms with Crippen molar-refractivity contribution in [3.8, 4) is 11.1 Å². The summed E-state index contributed by atoms with van der Waals surface area (Å²) in [7, 11) is 0. The summed E-state index contributed by atoms with van der Waals surface area (Å²) in [4.78, 5) is 21.1. The van der Waals surface area contributed by atoms with E-state index < -0.39 is 6.04 Å². The highest BCUT2D eigenvalue weighted by Crippen LogP contribution is 2.33. The Morgan fingerprint density at radius 3 is 2.40 bits per heavy atom. The number of benzene rings is 3. The quantitative estimate of drug-likeness (QED) is 0.246. The molecule has 0 radical (unpaired) electrons. The first kappa shape index (κ1) is 32.3. The third kappa shape index (κ3) is 8.33. The maximum absolute atomic E-state index is 13.8. The van der Waals surface area contributed by atoms with E-state index in [9.17, 15) is 9.18 Å². The van der Waals surface area contributed by atoms with Crippen molar-refractivity contribution >= 4 is 40.9 Å². The van der Waals surface area contributed by atoms with Crippen LogP contribution < -0.4 is 5.73 Å². The van der Waals surface area contributed by atoms with Crippen LogP contribution in [0, 0.1) is 11.7 Å². The van der Waals surface area contributed by atoms with E-state index in [0.717, 1.165) is 95.9 Å². The Morgan fingerprint density at radius 2 is 1.67 bits per heavy atom. The molecule has 230 valence electrons. The number of thioether (sulfide) groups is 1. The lowest BCUT2D eigenvalue weighted by Gasteiger charge is -2.39. The lowest BCUT2D eigenvalue weighted by molar-refractivity contribution is -0.136. The molecule has 0 saturated carbocycles. The summed E-state index contributed by atoms with van der Waals surface area (Å²) in [5, 5.41) is 1.46. The predicted molar refractivity (Wildman–Crippen MR) is 177 cm³/mol. The Bertz CT molecular complexity index is 1390. The highest BCUT2D eigenvalue weighted by atomic mass is 35.5. The molecule has 0 spiro atoms. The number of amides is 1. The number of hydrogen-bond donors (Lipinski definition) is 1. The Labute approximate surface area is 269 Å². The normalized spacial score (nSPS) is 17.7. The van der Waals surface area contributed by atoms with E-state index in [1.807, 2.05) is 47.4 Å². The number of halogens is 3. The molecule has 3 aromatic carbocycles. The topological polar surface area (TPSA) is 52.8 Å². The zero-order valence-corrected chi connectivity index (χ0v) is 27.1. The number of piperidine rings is 1. The third-order valence-corrected chi connectivity index (χ3v) is 10.3. The summed E-state index contributed by atoms with van der Waals surface area (Å²) in [5.74, 6) is 0.977. The first-order valence-electron chi connectivity index (χ1n) is 15.3. The van der Waals surface area contributed by atoms with Crippen LogP contribution in [0.5, 0.6) is 0 Å². The van der Waals surface area contributed by atoms with Gasteiger partial charge < -0.3 is 15.5 Å². The lowest BCUT2D eigenvalue weighted by atomic mass is 9.88. The van der Waals surface area contributed by atoms with Crippen LogP contribution in [-0.4, -0.2) is 78.2 Å². The van der Waals surface area contributed by atoms with E-state index in [4.69, 9.17) is 28.9 Å². The van der Waals surface area contributed by atoms with Gasteiger partial charge in [0.1, 0.15) is 5.82 Å². The molecule has 5 nitrogen and oxygen atoms in total. The second-order valence-corrected chi connectivity index (χ2v) is 13.7. The van der Waals surface area contributed by atoms with Crippen molar-refractivity contribution in [3.63, 3.8) is 0 Å². The maximum Gasteiger partial charge on any atom is 0.239 e. The van der Waals surface area contributed by atoms with E-state index >= 15 is 0 Å². The van der Waals surface area contributed by atoms with Crippen molar-refractivity contribution in [1.29, 1.82) is 0 Å². The fourth-order valence-corrected chi connectivity index (χ4v) is 7.51. The average molecular weight is 644 g/mol. The number of rotatable bonds is 10. The highest BCUT2D eigenvalue weighted by molar-refractivity contribution is 7.99. The first-order chi connectivity index (χ1) is 20.8. The van der Waals surface area contributed by atoms with Gasteiger partial charge in [-0.25, -0.2) is 4.39 Å². The number of carbonyl (C=O) groups excluding carboxylic acids is 1. The molecule has 2 aliphatic heterocycles. The largest absolute Gasteiger partial charge is 0.339 e. The number of carbonyl (C=O) groups is 1. The van der Waals surface area contributed by atoms with E-state index in [1.165, 1.54) is 11.6 Å². The lowest BCUT2D eigenvalue weighted by Crippen LogP contribution is -2.55. The Hall–Kier alpha value is -2.13. The standard InChI is InChI=1S/C34H41Cl2FN4OS/c1-2-43-32-22-28(37)9-7-26(32)23-40-17-19-41(20-18-40)34(42)33(38)24-11-14-39(15-12-24)16-13-25-21-27(35)8-10-29(25)30-5-3-4-6-31(30)36/h3-10,21-22,24,33H,2,11-20,23,38H2,1H3/t33-/m1/s1. The van der Waals surface area contributed by atoms with Crippen molar-refractivity contribution in [1.82, 2.24) is 14.7 Å². The van der Waals surface area contributed by atoms with Crippen LogP contribution in [0.2, 0.25) is 10.0 Å². The van der Waals surface area contributed by atoms with Crippen LogP contribution in [0.3, 0.4) is 0 Å². The summed E-state index contributed by atoms with van der Waals surface area (Å²) in [6.07, 6.45) is 2.71. The van der Waals surface area contributed by atoms with E-state index in [2.05, 4.69) is 22.8 Å². The molecule has 3 aromatic rings. The van der Waals surface area contributed by atoms with Crippen LogP contribution in [-0.2, 0) is 17.8 Å². The summed E-state index contributed by atoms with van der Waals surface area (Å²) in [5.41, 5.74) is 11.1. The van der Waals surface area contributed by atoms with Crippen LogP contribution >= 0.6 is 35.0 Å². The van der Waals surface area contributed by atoms with Crippen LogP contribution in [0.15, 0.2) is 65.6 Å². The van der Waals surface area contributed by atoms with Gasteiger partial charge >= 0.3 is 0 Å². The molecule has 0 unspecified atom stereocenters. The fourth-order valence-electron chi connectivity index (χ4n) is 6.25. The van der Waals surface area contributed by atoms with Crippen molar-refractivity contribution in [2.24, 2.45) is 11.7 Å². The van der Waals surface area contributed by atoms with Gasteiger partial charge in [-0.1, -0.05) is 60.5 Å². The summed E-state index contributed by atoms with van der Waals surface area (Å²) in [6.45, 7) is 8.57. The molecule has 2 saturated heterocycles. The molecule has 2 heterocycles. The van der Waals surface area contributed by atoms with E-state index in [-0.39, 0.29) is 17.6 Å². The summed E-state index contributed by atoms with van der Waals surface area (Å²) < 4.78 is 13.8. The van der Waals surface area contributed by atoms with E-state index in [1.54, 1.807) is 17.8 Å². The van der Waals surface area contributed by atoms with E-state index in [0.29, 0.717) is 13.1 Å². The van der Waals surface area contributed by atoms with Gasteiger partial charge in [0.2, 0.25) is 5.91 Å². The zero-order valence-electron chi connectivity index (χ0n) is 24.8. The first-order valence-corrected chi connectivity index (χ1v) is 17.0. The second-order valence-electron chi connectivity index (χ2n) is 11.5. The molecule has 1 atom stereocenters. The van der Waals surface area contributed by atoms with Gasteiger partial charge in [0.15, 0.2) is 0 Å². The van der Waals surface area contributed by atoms with Crippen LogP contribution in [0.4, 0.5) is 4.39 Å². The molecule has 0 aliphatic carbocycles. The van der Waals surface area contributed by atoms with Crippen LogP contribution in [0.1, 0.15) is 30.9 Å². The molecule has 0 bridgehead atoms. The second kappa shape index (κ2) is 15.2. The monoisotopic (exact) mass is 642 g/mol. The molecular weight excluding hydrogens is 602 g/mol. The minimum Gasteiger partial charge on any atom is -0.339 e. The SMILES string of the molecule is CCSc1cc(F)ccc1CN1CCN(C(=O)[C@H](N)C2CCN(CCc3cc(Cl)ccc3-c3ccccc3Cl)CC2)CC1. The van der Waals surface area contributed by atoms with Gasteiger partial charge in [-0.05, 0) is 91.0 Å². The van der Waals surface area contributed by atoms with Gasteiger partial charge in [-0.3, -0.25) is 9.69 Å². The molecule has 2 aliphatic rings. The molecule has 9 heteroatoms. The Kier molecular flexibility index (Phi) is 11.4. The molecular formula is C34H41Cl2FN4OS. The summed E-state index contributed by atoms with van der Waals surface area (Å²) in [6, 6.07) is 18.5. The van der Waals surface area contributed by atoms with Crippen molar-refractivity contribution < 1.29 is 9.18 Å². The Morgan fingerprint density at radius 1 is 0.930 bits per heavy atom. The zero-order chi connectivity index (χ0) is 30.3. The highest BCUT2D eigenvalue weighted by Gasteiger charge is 2.33. The molecule has 5 rings (SSSR count). The smallest absolute Gasteiger partial charge is 0.239 e. The minimum atomic E-state index is -0.460. The van der Waals surface area contributed by atoms with Gasteiger partial charge in [-0.15, -0.1) is 11.8 Å². The number of nitrogens with two attached hydrogens (primary N) is 1. The van der Waals surface area contributed by atoms with Crippen LogP contribution in [0.25, 0.3) is 11.1 Å². The van der Waals surface area contributed by atoms with Gasteiger partial charge in [0.05, 0.1) is 6.04 Å². The van der Waals surface area contributed by atoms with Gasteiger partial charge in [0, 0.05) is 59.8 Å². The predicted octanol–water partition coefficient (Wildman–Crippen LogP) is 6.84. The number of hydrogen-bond acceptors (Lipinski definition) is 5. The number of likely N-dealkylation sites (tertiary alicyclic amines) is 1. The molecule has 43 heavy (non-hydrogen) atoms. The minimum absolute atomic E-state index is 0.0745. The Balaban J connectivity index is 1.09. The van der Waals surface area contributed by atoms with Gasteiger partial charge in [0.25, 0.3) is 0 Å². The molecule has 2 N–H and O–H groups in total. The summed E-state index contributed by atoms with van der Waals surface area (Å²) >= 11 is 14.5. The number of piperazine rings is 1. The number of nitrogens with zero attached hydrogens (tertiary/aromatic N) is 3. The average Bonchev–Trinajstić information content (AvgIpc) is 3.02. The van der Waals surface area contributed by atoms with Crippen molar-refractivity contribution in [2.45, 2.75) is 43.7 Å². The van der Waals surface area contributed by atoms with Gasteiger partial charge in [-0.2, -0.15) is 0 Å². The molecule has 0 aromatic heterocycles. The third-order valence-electron chi connectivity index (χ3n) is 8.76. The maximum atomic E-state index is 13.8.